The molecule has 36 heavy (non-hydrogen) atoms. The zero-order valence-corrected chi connectivity index (χ0v) is 21.8. The summed E-state index contributed by atoms with van der Waals surface area (Å²) in [5.41, 5.74) is 3.44. The zero-order chi connectivity index (χ0) is 26.1. The topological polar surface area (TPSA) is 106 Å². The summed E-state index contributed by atoms with van der Waals surface area (Å²) in [7, 11) is 0. The minimum absolute atomic E-state index is 0.158. The highest BCUT2D eigenvalue weighted by Crippen LogP contribution is 2.24. The van der Waals surface area contributed by atoms with Gasteiger partial charge in [0.2, 0.25) is 11.7 Å². The van der Waals surface area contributed by atoms with E-state index in [1.54, 1.807) is 19.1 Å². The Morgan fingerprint density at radius 3 is 2.31 bits per heavy atom. The summed E-state index contributed by atoms with van der Waals surface area (Å²) in [6.07, 6.45) is 1.95. The monoisotopic (exact) mass is 492 g/mol. The Balaban J connectivity index is 1.53. The fourth-order valence-electron chi connectivity index (χ4n) is 3.58. The molecule has 0 radical (unpaired) electrons. The number of carbonyl (C=O) groups is 2. The fraction of sp³-hybridized carbons (Fsp3) is 0.429. The van der Waals surface area contributed by atoms with Crippen molar-refractivity contribution in [3.8, 4) is 11.4 Å². The Morgan fingerprint density at radius 1 is 1.03 bits per heavy atom. The van der Waals surface area contributed by atoms with Crippen molar-refractivity contribution in [1.82, 2.24) is 15.5 Å². The quantitative estimate of drug-likeness (QED) is 0.357. The molecular formula is C28H36N4O4. The number of rotatable bonds is 11. The van der Waals surface area contributed by atoms with E-state index in [1.165, 1.54) is 5.56 Å². The highest BCUT2D eigenvalue weighted by Gasteiger charge is 2.22. The zero-order valence-electron chi connectivity index (χ0n) is 21.8. The summed E-state index contributed by atoms with van der Waals surface area (Å²) in [5.74, 6) is 0.690. The van der Waals surface area contributed by atoms with E-state index >= 15 is 0 Å². The number of benzene rings is 2. The number of carbonyl (C=O) groups excluding carboxylic acids is 2. The SMILES string of the molecule is CCOC(=O)CCNC(=O)c1ccc(NC(CC)Cc2ccc(-c3noc(C(C)(C)C)n3)cc2)cc1. The Labute approximate surface area is 212 Å². The third-order valence-electron chi connectivity index (χ3n) is 5.69. The van der Waals surface area contributed by atoms with Gasteiger partial charge >= 0.3 is 5.97 Å². The molecule has 0 saturated heterocycles. The van der Waals surface area contributed by atoms with Gasteiger partial charge in [-0.3, -0.25) is 9.59 Å². The Kier molecular flexibility index (Phi) is 9.22. The van der Waals surface area contributed by atoms with Gasteiger partial charge in [-0.15, -0.1) is 0 Å². The number of hydrogen-bond donors (Lipinski definition) is 2. The molecule has 1 unspecified atom stereocenters. The number of amides is 1. The first-order valence-electron chi connectivity index (χ1n) is 12.4. The van der Waals surface area contributed by atoms with Gasteiger partial charge in [0.15, 0.2) is 0 Å². The molecule has 1 aromatic heterocycles. The van der Waals surface area contributed by atoms with Gasteiger partial charge in [0.25, 0.3) is 5.91 Å². The normalized spacial score (nSPS) is 12.1. The van der Waals surface area contributed by atoms with Gasteiger partial charge < -0.3 is 19.9 Å². The first kappa shape index (κ1) is 26.9. The second kappa shape index (κ2) is 12.3. The lowest BCUT2D eigenvalue weighted by Gasteiger charge is -2.19. The van der Waals surface area contributed by atoms with Crippen molar-refractivity contribution in [2.75, 3.05) is 18.5 Å². The predicted octanol–water partition coefficient (Wildman–Crippen LogP) is 5.15. The number of anilines is 1. The summed E-state index contributed by atoms with van der Waals surface area (Å²) in [4.78, 5) is 28.2. The van der Waals surface area contributed by atoms with Crippen LogP contribution in [0.5, 0.6) is 0 Å². The molecule has 0 aliphatic heterocycles. The maximum Gasteiger partial charge on any atom is 0.307 e. The number of hydrogen-bond acceptors (Lipinski definition) is 7. The van der Waals surface area contributed by atoms with Gasteiger partial charge in [0.05, 0.1) is 13.0 Å². The average molecular weight is 493 g/mol. The maximum absolute atomic E-state index is 12.3. The lowest BCUT2D eigenvalue weighted by Crippen LogP contribution is -2.26. The van der Waals surface area contributed by atoms with Crippen molar-refractivity contribution in [2.24, 2.45) is 0 Å². The summed E-state index contributed by atoms with van der Waals surface area (Å²) in [6.45, 7) is 10.6. The van der Waals surface area contributed by atoms with Crippen LogP contribution in [0, 0.1) is 0 Å². The molecule has 1 atom stereocenters. The van der Waals surface area contributed by atoms with Crippen LogP contribution < -0.4 is 10.6 Å². The van der Waals surface area contributed by atoms with Crippen molar-refractivity contribution in [3.63, 3.8) is 0 Å². The Hall–Kier alpha value is -3.68. The second-order valence-electron chi connectivity index (χ2n) is 9.71. The number of nitrogens with one attached hydrogen (secondary N) is 2. The molecule has 0 aliphatic rings. The molecule has 0 spiro atoms. The summed E-state index contributed by atoms with van der Waals surface area (Å²) in [6, 6.07) is 15.8. The van der Waals surface area contributed by atoms with Gasteiger partial charge in [0, 0.05) is 34.8 Å². The van der Waals surface area contributed by atoms with E-state index in [0.717, 1.165) is 24.1 Å². The van der Waals surface area contributed by atoms with Crippen molar-refractivity contribution >= 4 is 17.6 Å². The minimum Gasteiger partial charge on any atom is -0.466 e. The standard InChI is InChI=1S/C28H36N4O4/c1-6-22(18-19-8-10-20(11-9-19)25-31-27(36-32-25)28(3,4)5)30-23-14-12-21(13-15-23)26(34)29-17-16-24(33)35-7-2/h8-15,22,30H,6-7,16-18H2,1-5H3,(H,29,34). The first-order valence-corrected chi connectivity index (χ1v) is 12.4. The first-order chi connectivity index (χ1) is 17.2. The third-order valence-corrected chi connectivity index (χ3v) is 5.69. The van der Waals surface area contributed by atoms with E-state index in [2.05, 4.69) is 39.8 Å². The van der Waals surface area contributed by atoms with E-state index in [4.69, 9.17) is 9.26 Å². The highest BCUT2D eigenvalue weighted by atomic mass is 16.5. The molecule has 192 valence electrons. The van der Waals surface area contributed by atoms with Gasteiger partial charge in [-0.25, -0.2) is 0 Å². The molecule has 0 bridgehead atoms. The molecule has 8 nitrogen and oxygen atoms in total. The van der Waals surface area contributed by atoms with Crippen LogP contribution in [0.25, 0.3) is 11.4 Å². The highest BCUT2D eigenvalue weighted by molar-refractivity contribution is 5.94. The van der Waals surface area contributed by atoms with E-state index < -0.39 is 0 Å². The van der Waals surface area contributed by atoms with Gasteiger partial charge in [0.1, 0.15) is 0 Å². The number of nitrogens with zero attached hydrogens (tertiary/aromatic N) is 2. The van der Waals surface area contributed by atoms with Crippen molar-refractivity contribution in [3.05, 3.63) is 65.5 Å². The van der Waals surface area contributed by atoms with Crippen LogP contribution >= 0.6 is 0 Å². The van der Waals surface area contributed by atoms with Crippen LogP contribution in [-0.2, 0) is 21.4 Å². The average Bonchev–Trinajstić information content (AvgIpc) is 3.36. The molecule has 0 saturated carbocycles. The predicted molar refractivity (Wildman–Crippen MR) is 140 cm³/mol. The van der Waals surface area contributed by atoms with Crippen LogP contribution in [0.2, 0.25) is 0 Å². The molecular weight excluding hydrogens is 456 g/mol. The van der Waals surface area contributed by atoms with E-state index in [-0.39, 0.29) is 36.3 Å². The van der Waals surface area contributed by atoms with Crippen LogP contribution in [-0.4, -0.2) is 41.2 Å². The lowest BCUT2D eigenvalue weighted by molar-refractivity contribution is -0.142. The summed E-state index contributed by atoms with van der Waals surface area (Å²) in [5, 5.41) is 10.4. The number of ether oxygens (including phenoxy) is 1. The van der Waals surface area contributed by atoms with Crippen LogP contribution in [0.4, 0.5) is 5.69 Å². The smallest absolute Gasteiger partial charge is 0.307 e. The molecule has 2 aromatic carbocycles. The molecule has 3 rings (SSSR count). The third kappa shape index (κ3) is 7.66. The van der Waals surface area contributed by atoms with Crippen molar-refractivity contribution in [1.29, 1.82) is 0 Å². The van der Waals surface area contributed by atoms with E-state index in [0.29, 0.717) is 23.9 Å². The molecule has 8 heteroatoms. The largest absolute Gasteiger partial charge is 0.466 e. The van der Waals surface area contributed by atoms with Crippen LogP contribution in [0.3, 0.4) is 0 Å². The summed E-state index contributed by atoms with van der Waals surface area (Å²) >= 11 is 0. The molecule has 0 fully saturated rings. The van der Waals surface area contributed by atoms with Gasteiger partial charge in [-0.1, -0.05) is 57.1 Å². The minimum atomic E-state index is -0.318. The molecule has 3 aromatic rings. The van der Waals surface area contributed by atoms with E-state index in [1.807, 2.05) is 45.0 Å². The second-order valence-corrected chi connectivity index (χ2v) is 9.71. The molecule has 1 heterocycles. The molecule has 1 amide bonds. The van der Waals surface area contributed by atoms with Gasteiger partial charge in [-0.05, 0) is 49.6 Å². The van der Waals surface area contributed by atoms with Crippen molar-refractivity contribution < 1.29 is 18.8 Å². The van der Waals surface area contributed by atoms with E-state index in [9.17, 15) is 9.59 Å². The van der Waals surface area contributed by atoms with Crippen molar-refractivity contribution in [2.45, 2.75) is 65.3 Å². The molecule has 2 N–H and O–H groups in total. The van der Waals surface area contributed by atoms with Crippen LogP contribution in [0.1, 0.15) is 69.3 Å². The van der Waals surface area contributed by atoms with Crippen LogP contribution in [0.15, 0.2) is 53.1 Å². The maximum atomic E-state index is 12.3. The molecule has 0 aliphatic carbocycles. The Morgan fingerprint density at radius 2 is 1.72 bits per heavy atom. The summed E-state index contributed by atoms with van der Waals surface area (Å²) < 4.78 is 10.3. The van der Waals surface area contributed by atoms with Gasteiger partial charge in [-0.2, -0.15) is 4.98 Å². The lowest BCUT2D eigenvalue weighted by atomic mass is 9.97. The number of aromatic nitrogens is 2. The Bertz CT molecular complexity index is 1130. The number of esters is 1. The fourth-order valence-corrected chi connectivity index (χ4v) is 3.58.